The molecular weight excluding hydrogens is 417 g/mol. The molecule has 3 aromatic rings. The van der Waals surface area contributed by atoms with Gasteiger partial charge in [-0.2, -0.15) is 0 Å². The quantitative estimate of drug-likeness (QED) is 0.195. The number of methoxy groups -OCH3 is 1. The van der Waals surface area contributed by atoms with Gasteiger partial charge in [0.05, 0.1) is 12.8 Å². The van der Waals surface area contributed by atoms with E-state index in [1.54, 1.807) is 48.7 Å². The van der Waals surface area contributed by atoms with E-state index in [1.807, 2.05) is 17.5 Å². The summed E-state index contributed by atoms with van der Waals surface area (Å²) in [6, 6.07) is 14.0. The fourth-order valence-corrected chi connectivity index (χ4v) is 3.42. The van der Waals surface area contributed by atoms with Gasteiger partial charge < -0.3 is 9.47 Å². The van der Waals surface area contributed by atoms with E-state index in [1.165, 1.54) is 24.5 Å². The van der Waals surface area contributed by atoms with Crippen molar-refractivity contribution in [2.75, 3.05) is 7.11 Å². The Bertz CT molecular complexity index is 1010. The number of hydrogen-bond donors (Lipinski definition) is 0. The number of rotatable bonds is 6. The van der Waals surface area contributed by atoms with Crippen molar-refractivity contribution in [3.05, 3.63) is 80.5 Å². The normalized spacial score (nSPS) is 11.2. The molecule has 4 nitrogen and oxygen atoms in total. The average molecular weight is 432 g/mol. The molecule has 142 valence electrons. The Labute approximate surface area is 176 Å². The maximum atomic E-state index is 12.0. The molecule has 1 aromatic heterocycles. The molecule has 0 N–H and O–H groups in total. The third kappa shape index (κ3) is 5.70. The first-order valence-corrected chi connectivity index (χ1v) is 9.78. The summed E-state index contributed by atoms with van der Waals surface area (Å²) in [4.78, 5) is 17.3. The summed E-state index contributed by atoms with van der Waals surface area (Å²) < 4.78 is 10.7. The molecule has 0 atom stereocenters. The lowest BCUT2D eigenvalue weighted by atomic mass is 10.2. The van der Waals surface area contributed by atoms with Gasteiger partial charge in [-0.1, -0.05) is 29.3 Å². The molecule has 0 aliphatic rings. The Morgan fingerprint density at radius 2 is 1.86 bits per heavy atom. The number of benzene rings is 2. The van der Waals surface area contributed by atoms with E-state index in [-0.39, 0.29) is 0 Å². The minimum atomic E-state index is -0.485. The van der Waals surface area contributed by atoms with Gasteiger partial charge >= 0.3 is 5.97 Å². The molecule has 2 aromatic carbocycles. The average Bonchev–Trinajstić information content (AvgIpc) is 3.18. The van der Waals surface area contributed by atoms with E-state index in [9.17, 15) is 4.79 Å². The molecule has 0 amide bonds. The molecule has 0 spiro atoms. The van der Waals surface area contributed by atoms with E-state index in [0.29, 0.717) is 27.2 Å². The van der Waals surface area contributed by atoms with Crippen LogP contribution in [0.1, 0.15) is 10.4 Å². The van der Waals surface area contributed by atoms with Crippen molar-refractivity contribution in [3.63, 3.8) is 0 Å². The summed E-state index contributed by atoms with van der Waals surface area (Å²) in [5.41, 5.74) is 1.40. The highest BCUT2D eigenvalue weighted by Crippen LogP contribution is 2.29. The first kappa shape index (κ1) is 20.1. The second-order valence-electron chi connectivity index (χ2n) is 5.57. The molecule has 0 aliphatic carbocycles. The Balaban J connectivity index is 1.72. The number of carbonyl (C=O) groups is 1. The summed E-state index contributed by atoms with van der Waals surface area (Å²) in [5, 5.41) is 2.95. The van der Waals surface area contributed by atoms with Crippen molar-refractivity contribution in [1.82, 2.24) is 0 Å². The zero-order valence-corrected chi connectivity index (χ0v) is 17.1. The SMILES string of the molecule is COc1cc(C=Nc2cc(Cl)cc(Cl)c2)ccc1OC(=O)C=Cc1cccs1. The molecular formula is C21H15Cl2NO3S. The van der Waals surface area contributed by atoms with Crippen molar-refractivity contribution in [2.45, 2.75) is 0 Å². The number of esters is 1. The van der Waals surface area contributed by atoms with Crippen molar-refractivity contribution in [3.8, 4) is 11.5 Å². The van der Waals surface area contributed by atoms with E-state index in [2.05, 4.69) is 4.99 Å². The van der Waals surface area contributed by atoms with Gasteiger partial charge in [0, 0.05) is 27.2 Å². The van der Waals surface area contributed by atoms with Crippen molar-refractivity contribution >= 4 is 58.5 Å². The Morgan fingerprint density at radius 1 is 1.07 bits per heavy atom. The molecule has 0 bridgehead atoms. The summed E-state index contributed by atoms with van der Waals surface area (Å²) in [5.74, 6) is 0.263. The predicted molar refractivity (Wildman–Crippen MR) is 116 cm³/mol. The Kier molecular flexibility index (Phi) is 6.87. The number of halogens is 2. The van der Waals surface area contributed by atoms with E-state index in [0.717, 1.165) is 10.4 Å². The summed E-state index contributed by atoms with van der Waals surface area (Å²) in [6.45, 7) is 0. The van der Waals surface area contributed by atoms with Crippen LogP contribution in [0.4, 0.5) is 5.69 Å². The van der Waals surface area contributed by atoms with Crippen LogP contribution in [-0.4, -0.2) is 19.3 Å². The van der Waals surface area contributed by atoms with Crippen LogP contribution >= 0.6 is 34.5 Å². The van der Waals surface area contributed by atoms with Gasteiger partial charge in [-0.05, 0) is 59.5 Å². The maximum Gasteiger partial charge on any atom is 0.336 e. The van der Waals surface area contributed by atoms with Gasteiger partial charge in [-0.3, -0.25) is 4.99 Å². The van der Waals surface area contributed by atoms with Crippen LogP contribution in [0.5, 0.6) is 11.5 Å². The molecule has 3 rings (SSSR count). The first-order chi connectivity index (χ1) is 13.5. The zero-order chi connectivity index (χ0) is 19.9. The van der Waals surface area contributed by atoms with E-state index in [4.69, 9.17) is 32.7 Å². The minimum Gasteiger partial charge on any atom is -0.493 e. The fourth-order valence-electron chi connectivity index (χ4n) is 2.29. The number of carbonyl (C=O) groups excluding carboxylic acids is 1. The highest BCUT2D eigenvalue weighted by molar-refractivity contribution is 7.10. The van der Waals surface area contributed by atoms with Crippen LogP contribution in [0, 0.1) is 0 Å². The van der Waals surface area contributed by atoms with Crippen LogP contribution < -0.4 is 9.47 Å². The summed E-state index contributed by atoms with van der Waals surface area (Å²) in [6.07, 6.45) is 4.73. The number of nitrogens with zero attached hydrogens (tertiary/aromatic N) is 1. The van der Waals surface area contributed by atoms with Crippen molar-refractivity contribution in [2.24, 2.45) is 4.99 Å². The summed E-state index contributed by atoms with van der Waals surface area (Å²) in [7, 11) is 1.51. The minimum absolute atomic E-state index is 0.325. The monoisotopic (exact) mass is 431 g/mol. The molecule has 0 fully saturated rings. The fraction of sp³-hybridized carbons (Fsp3) is 0.0476. The number of ether oxygens (including phenoxy) is 2. The Morgan fingerprint density at radius 3 is 2.54 bits per heavy atom. The van der Waals surface area contributed by atoms with Gasteiger partial charge in [0.2, 0.25) is 0 Å². The van der Waals surface area contributed by atoms with Gasteiger partial charge in [-0.15, -0.1) is 11.3 Å². The molecule has 0 unspecified atom stereocenters. The molecule has 28 heavy (non-hydrogen) atoms. The van der Waals surface area contributed by atoms with Crippen LogP contribution in [0.15, 0.2) is 65.0 Å². The number of thiophene rings is 1. The van der Waals surface area contributed by atoms with Gasteiger partial charge in [-0.25, -0.2) is 4.79 Å². The molecule has 1 heterocycles. The van der Waals surface area contributed by atoms with Gasteiger partial charge in [0.25, 0.3) is 0 Å². The van der Waals surface area contributed by atoms with Crippen LogP contribution in [-0.2, 0) is 4.79 Å². The van der Waals surface area contributed by atoms with Gasteiger partial charge in [0.15, 0.2) is 11.5 Å². The third-order valence-corrected chi connectivity index (χ3v) is 4.81. The highest BCUT2D eigenvalue weighted by Gasteiger charge is 2.09. The smallest absolute Gasteiger partial charge is 0.336 e. The molecule has 0 radical (unpaired) electrons. The third-order valence-electron chi connectivity index (χ3n) is 3.54. The van der Waals surface area contributed by atoms with Crippen LogP contribution in [0.2, 0.25) is 10.0 Å². The van der Waals surface area contributed by atoms with Gasteiger partial charge in [0.1, 0.15) is 0 Å². The van der Waals surface area contributed by atoms with E-state index >= 15 is 0 Å². The maximum absolute atomic E-state index is 12.0. The number of aliphatic imine (C=N–C) groups is 1. The van der Waals surface area contributed by atoms with E-state index < -0.39 is 5.97 Å². The van der Waals surface area contributed by atoms with Crippen LogP contribution in [0.25, 0.3) is 6.08 Å². The molecule has 7 heteroatoms. The molecule has 0 saturated heterocycles. The molecule has 0 saturated carbocycles. The second-order valence-corrected chi connectivity index (χ2v) is 7.42. The summed E-state index contributed by atoms with van der Waals surface area (Å²) >= 11 is 13.5. The van der Waals surface area contributed by atoms with Crippen molar-refractivity contribution < 1.29 is 14.3 Å². The van der Waals surface area contributed by atoms with Crippen molar-refractivity contribution in [1.29, 1.82) is 0 Å². The highest BCUT2D eigenvalue weighted by atomic mass is 35.5. The second kappa shape index (κ2) is 9.55. The standard InChI is InChI=1S/C21H15Cl2NO3S/c1-26-20-9-14(13-24-17-11-15(22)10-16(23)12-17)4-6-19(20)27-21(25)7-5-18-3-2-8-28-18/h2-13H,1H3. The first-order valence-electron chi connectivity index (χ1n) is 8.15. The lowest BCUT2D eigenvalue weighted by Crippen LogP contribution is -2.05. The van der Waals surface area contributed by atoms with Crippen LogP contribution in [0.3, 0.4) is 0 Å². The lowest BCUT2D eigenvalue weighted by molar-refractivity contribution is -0.129. The number of hydrogen-bond acceptors (Lipinski definition) is 5. The molecule has 0 aliphatic heterocycles. The predicted octanol–water partition coefficient (Wildman–Crippen LogP) is 6.43. The zero-order valence-electron chi connectivity index (χ0n) is 14.8. The Hall–Kier alpha value is -2.60. The topological polar surface area (TPSA) is 47.9 Å². The largest absolute Gasteiger partial charge is 0.493 e. The lowest BCUT2D eigenvalue weighted by Gasteiger charge is -2.08.